The molecule has 170 valence electrons. The lowest BCUT2D eigenvalue weighted by Crippen LogP contribution is -2.63. The molecule has 1 aromatic rings. The van der Waals surface area contributed by atoms with E-state index in [0.29, 0.717) is 12.8 Å². The number of hydrazine groups is 1. The molecule has 2 fully saturated rings. The molecule has 3 aliphatic rings. The van der Waals surface area contributed by atoms with Gasteiger partial charge in [-0.05, 0) is 51.7 Å². The van der Waals surface area contributed by atoms with Crippen LogP contribution in [-0.4, -0.2) is 68.7 Å². The van der Waals surface area contributed by atoms with Crippen LogP contribution in [0, 0.1) is 5.92 Å². The molecule has 4 amide bonds. The van der Waals surface area contributed by atoms with Crippen molar-refractivity contribution in [3.63, 3.8) is 0 Å². The molecule has 2 saturated heterocycles. The maximum absolute atomic E-state index is 13.8. The van der Waals surface area contributed by atoms with Crippen molar-refractivity contribution in [2.75, 3.05) is 6.54 Å². The third-order valence-corrected chi connectivity index (χ3v) is 5.99. The van der Waals surface area contributed by atoms with Crippen LogP contribution in [-0.2, 0) is 19.1 Å². The van der Waals surface area contributed by atoms with Crippen LogP contribution in [0.5, 0.6) is 0 Å². The van der Waals surface area contributed by atoms with E-state index in [1.165, 1.54) is 5.01 Å². The molecule has 0 saturated carbocycles. The molecule has 1 aromatic carbocycles. The zero-order valence-corrected chi connectivity index (χ0v) is 18.7. The predicted octanol–water partition coefficient (Wildman–Crippen LogP) is 1.77. The van der Waals surface area contributed by atoms with Crippen LogP contribution < -0.4 is 0 Å². The summed E-state index contributed by atoms with van der Waals surface area (Å²) in [4.78, 5) is 66.9. The fraction of sp³-hybridized carbons (Fsp3) is 0.522. The van der Waals surface area contributed by atoms with E-state index in [1.54, 1.807) is 52.0 Å². The normalized spacial score (nSPS) is 26.1. The molecule has 3 atom stereocenters. The van der Waals surface area contributed by atoms with Crippen LogP contribution in [0.4, 0.5) is 0 Å². The van der Waals surface area contributed by atoms with Gasteiger partial charge >= 0.3 is 5.97 Å². The first-order valence-corrected chi connectivity index (χ1v) is 10.8. The highest BCUT2D eigenvalue weighted by atomic mass is 16.6. The van der Waals surface area contributed by atoms with Crippen LogP contribution in [0.15, 0.2) is 24.3 Å². The Morgan fingerprint density at radius 1 is 1.03 bits per heavy atom. The van der Waals surface area contributed by atoms with Crippen LogP contribution in [0.25, 0.3) is 0 Å². The molecule has 3 heterocycles. The number of amides is 4. The first kappa shape index (κ1) is 22.0. The maximum Gasteiger partial charge on any atom is 0.331 e. The smallest absolute Gasteiger partial charge is 0.331 e. The molecule has 32 heavy (non-hydrogen) atoms. The van der Waals surface area contributed by atoms with E-state index in [0.717, 1.165) is 9.91 Å². The lowest BCUT2D eigenvalue weighted by molar-refractivity contribution is -0.188. The highest BCUT2D eigenvalue weighted by Crippen LogP contribution is 2.34. The Bertz CT molecular complexity index is 978. The summed E-state index contributed by atoms with van der Waals surface area (Å²) in [5.41, 5.74) is -0.312. The summed E-state index contributed by atoms with van der Waals surface area (Å²) in [7, 11) is 0. The number of nitrogens with zero attached hydrogens (tertiary/aromatic N) is 3. The van der Waals surface area contributed by atoms with Gasteiger partial charge in [0, 0.05) is 13.0 Å². The topological polar surface area (TPSA) is 104 Å². The highest BCUT2D eigenvalue weighted by molar-refractivity contribution is 6.23. The molecule has 3 aliphatic heterocycles. The summed E-state index contributed by atoms with van der Waals surface area (Å²) in [6, 6.07) is 4.20. The number of ether oxygens (including phenoxy) is 1. The molecule has 9 heteroatoms. The summed E-state index contributed by atoms with van der Waals surface area (Å²) in [5, 5.41) is 2.42. The van der Waals surface area contributed by atoms with Crippen LogP contribution in [0.2, 0.25) is 0 Å². The third-order valence-electron chi connectivity index (χ3n) is 5.99. The van der Waals surface area contributed by atoms with Gasteiger partial charge in [0.25, 0.3) is 17.7 Å². The molecule has 0 spiro atoms. The van der Waals surface area contributed by atoms with Crippen molar-refractivity contribution in [3.8, 4) is 0 Å². The number of carbonyl (C=O) groups excluding carboxylic acids is 5. The quantitative estimate of drug-likeness (QED) is 0.512. The van der Waals surface area contributed by atoms with E-state index in [9.17, 15) is 24.0 Å². The molecule has 9 nitrogen and oxygen atoms in total. The maximum atomic E-state index is 13.8. The van der Waals surface area contributed by atoms with Gasteiger partial charge in [0.05, 0.1) is 11.1 Å². The van der Waals surface area contributed by atoms with Crippen molar-refractivity contribution in [1.29, 1.82) is 0 Å². The Morgan fingerprint density at radius 3 is 2.19 bits per heavy atom. The van der Waals surface area contributed by atoms with Crippen LogP contribution in [0.3, 0.4) is 0 Å². The van der Waals surface area contributed by atoms with E-state index >= 15 is 0 Å². The van der Waals surface area contributed by atoms with Gasteiger partial charge in [-0.1, -0.05) is 19.1 Å². The summed E-state index contributed by atoms with van der Waals surface area (Å²) < 4.78 is 5.51. The Labute approximate surface area is 186 Å². The first-order valence-electron chi connectivity index (χ1n) is 10.8. The summed E-state index contributed by atoms with van der Waals surface area (Å²) in [5.74, 6) is -3.29. The summed E-state index contributed by atoms with van der Waals surface area (Å²) in [6.07, 6.45) is 0.834. The number of benzene rings is 1. The minimum Gasteiger partial charge on any atom is -0.458 e. The van der Waals surface area contributed by atoms with Gasteiger partial charge in [-0.3, -0.25) is 29.1 Å². The van der Waals surface area contributed by atoms with Gasteiger partial charge in [0.1, 0.15) is 11.6 Å². The zero-order chi connectivity index (χ0) is 23.4. The van der Waals surface area contributed by atoms with Gasteiger partial charge in [0.15, 0.2) is 6.04 Å². The molecular weight excluding hydrogens is 414 g/mol. The number of imide groups is 1. The number of carbonyl (C=O) groups is 5. The Balaban J connectivity index is 1.73. The lowest BCUT2D eigenvalue weighted by atomic mass is 9.95. The van der Waals surface area contributed by atoms with E-state index in [-0.39, 0.29) is 30.0 Å². The van der Waals surface area contributed by atoms with Crippen LogP contribution in [0.1, 0.15) is 67.7 Å². The lowest BCUT2D eigenvalue weighted by Gasteiger charge is -2.43. The van der Waals surface area contributed by atoms with Gasteiger partial charge < -0.3 is 4.74 Å². The Kier molecular flexibility index (Phi) is 5.30. The van der Waals surface area contributed by atoms with Crippen molar-refractivity contribution in [1.82, 2.24) is 14.9 Å². The van der Waals surface area contributed by atoms with Crippen molar-refractivity contribution in [2.45, 2.75) is 64.6 Å². The Morgan fingerprint density at radius 2 is 1.62 bits per heavy atom. The van der Waals surface area contributed by atoms with Crippen molar-refractivity contribution in [3.05, 3.63) is 35.4 Å². The van der Waals surface area contributed by atoms with Gasteiger partial charge in [0.2, 0.25) is 5.91 Å². The average molecular weight is 441 g/mol. The summed E-state index contributed by atoms with van der Waals surface area (Å²) >= 11 is 0. The molecule has 0 aliphatic carbocycles. The van der Waals surface area contributed by atoms with E-state index in [2.05, 4.69) is 0 Å². The van der Waals surface area contributed by atoms with Gasteiger partial charge in [-0.15, -0.1) is 0 Å². The van der Waals surface area contributed by atoms with Crippen LogP contribution >= 0.6 is 0 Å². The number of esters is 1. The first-order chi connectivity index (χ1) is 15.0. The number of rotatable bonds is 2. The fourth-order valence-corrected chi connectivity index (χ4v) is 4.63. The largest absolute Gasteiger partial charge is 0.458 e. The number of hydrogen-bond acceptors (Lipinski definition) is 6. The number of hydrogen-bond donors (Lipinski definition) is 0. The minimum atomic E-state index is -1.20. The molecule has 0 N–H and O–H groups in total. The molecule has 0 aromatic heterocycles. The molecular formula is C23H27N3O6. The van der Waals surface area contributed by atoms with Gasteiger partial charge in [-0.25, -0.2) is 9.80 Å². The minimum absolute atomic E-state index is 0.0264. The average Bonchev–Trinajstić information content (AvgIpc) is 2.92. The van der Waals surface area contributed by atoms with E-state index in [4.69, 9.17) is 4.74 Å². The standard InChI is InChI=1S/C23H27N3O6/c1-13-12-17(27)24-11-7-10-16(22(31)32-23(2,3)4)26(24)21(30)18(13)25-19(28)14-8-5-6-9-15(14)20(25)29/h5-6,8-9,13,16,18H,7,10-12H2,1-4H3/t13-,16-,18?/m0/s1. The molecule has 0 bridgehead atoms. The van der Waals surface area contributed by atoms with E-state index in [1.807, 2.05) is 0 Å². The van der Waals surface area contributed by atoms with Gasteiger partial charge in [-0.2, -0.15) is 0 Å². The van der Waals surface area contributed by atoms with E-state index < -0.39 is 47.3 Å². The zero-order valence-electron chi connectivity index (χ0n) is 18.7. The SMILES string of the molecule is C[C@H]1CC(=O)N2CCC[C@@H](C(=O)OC(C)(C)C)N2C(=O)C1N1C(=O)c2ccccc2C1=O. The second-order valence-corrected chi connectivity index (χ2v) is 9.54. The molecule has 0 radical (unpaired) electrons. The predicted molar refractivity (Wildman–Crippen MR) is 112 cm³/mol. The monoisotopic (exact) mass is 441 g/mol. The third kappa shape index (κ3) is 3.55. The van der Waals surface area contributed by atoms with Crippen molar-refractivity contribution < 1.29 is 28.7 Å². The summed E-state index contributed by atoms with van der Waals surface area (Å²) in [6.45, 7) is 7.14. The second-order valence-electron chi connectivity index (χ2n) is 9.54. The van der Waals surface area contributed by atoms with Crippen molar-refractivity contribution >= 4 is 29.6 Å². The Hall–Kier alpha value is -3.23. The molecule has 1 unspecified atom stereocenters. The second kappa shape index (κ2) is 7.72. The molecule has 4 rings (SSSR count). The fourth-order valence-electron chi connectivity index (χ4n) is 4.63. The number of fused-ring (bicyclic) bond motifs is 2. The highest BCUT2D eigenvalue weighted by Gasteiger charge is 2.53. The van der Waals surface area contributed by atoms with Crippen molar-refractivity contribution in [2.24, 2.45) is 5.92 Å².